The highest BCUT2D eigenvalue weighted by Crippen LogP contribution is 2.27. The van der Waals surface area contributed by atoms with Crippen LogP contribution in [0.15, 0.2) is 42.6 Å². The molecule has 2 aromatic heterocycles. The number of benzene rings is 1. The molecule has 0 spiro atoms. The van der Waals surface area contributed by atoms with Crippen LogP contribution >= 0.6 is 0 Å². The van der Waals surface area contributed by atoms with E-state index in [9.17, 15) is 14.0 Å². The van der Waals surface area contributed by atoms with Crippen molar-refractivity contribution in [2.75, 3.05) is 31.1 Å². The van der Waals surface area contributed by atoms with Crippen molar-refractivity contribution in [3.05, 3.63) is 76.6 Å². The van der Waals surface area contributed by atoms with E-state index in [1.54, 1.807) is 35.4 Å². The van der Waals surface area contributed by atoms with Gasteiger partial charge in [-0.05, 0) is 75.9 Å². The van der Waals surface area contributed by atoms with Gasteiger partial charge in [-0.1, -0.05) is 12.1 Å². The molecule has 0 N–H and O–H groups in total. The highest BCUT2D eigenvalue weighted by Gasteiger charge is 2.26. The molecule has 1 aromatic carbocycles. The molecule has 4 rings (SSSR count). The molecule has 0 bridgehead atoms. The van der Waals surface area contributed by atoms with Crippen LogP contribution in [0.2, 0.25) is 0 Å². The van der Waals surface area contributed by atoms with E-state index >= 15 is 0 Å². The van der Waals surface area contributed by atoms with E-state index in [1.807, 2.05) is 30.5 Å². The van der Waals surface area contributed by atoms with Crippen molar-refractivity contribution in [2.45, 2.75) is 59.5 Å². The maximum Gasteiger partial charge on any atom is 0.276 e. The van der Waals surface area contributed by atoms with E-state index < -0.39 is 5.82 Å². The molecule has 0 aliphatic carbocycles. The van der Waals surface area contributed by atoms with Gasteiger partial charge < -0.3 is 9.80 Å². The zero-order valence-corrected chi connectivity index (χ0v) is 23.7. The number of halogens is 1. The first-order valence-corrected chi connectivity index (χ1v) is 13.7. The Hall–Kier alpha value is -3.59. The van der Waals surface area contributed by atoms with Gasteiger partial charge in [0.15, 0.2) is 0 Å². The van der Waals surface area contributed by atoms with Gasteiger partial charge in [-0.3, -0.25) is 24.2 Å². The number of anilines is 1. The van der Waals surface area contributed by atoms with Crippen LogP contribution in [0, 0.1) is 19.7 Å². The van der Waals surface area contributed by atoms with Gasteiger partial charge in [-0.15, -0.1) is 0 Å². The van der Waals surface area contributed by atoms with Gasteiger partial charge in [-0.25, -0.2) is 4.39 Å². The first-order chi connectivity index (χ1) is 18.7. The minimum atomic E-state index is -0.424. The number of nitrogens with zero attached hydrogens (tertiary/aromatic N) is 6. The Kier molecular flexibility index (Phi) is 9.12. The number of pyridine rings is 1. The van der Waals surface area contributed by atoms with Crippen LogP contribution in [-0.2, 0) is 24.8 Å². The van der Waals surface area contributed by atoms with E-state index in [0.29, 0.717) is 43.7 Å². The largest absolute Gasteiger partial charge is 0.337 e. The molecule has 8 nitrogen and oxygen atoms in total. The molecule has 3 aromatic rings. The standard InChI is InChI=1S/C30H39FN6O2/c1-21(2)35-15-8-16-37(30(39)27-9-6-7-14-32-27)28-19-25(31)11-10-24(28)20-36(18-17-35)29(38)13-12-26-22(3)33-34(5)23(26)4/h6-7,9-11,14,19,21H,8,12-13,15-18,20H2,1-5H3. The van der Waals surface area contributed by atoms with Crippen LogP contribution in [-0.4, -0.2) is 68.6 Å². The van der Waals surface area contributed by atoms with Gasteiger partial charge in [0.05, 0.1) is 11.4 Å². The zero-order chi connectivity index (χ0) is 28.1. The summed E-state index contributed by atoms with van der Waals surface area (Å²) < 4.78 is 16.4. The predicted octanol–water partition coefficient (Wildman–Crippen LogP) is 4.29. The number of amides is 2. The average molecular weight is 535 g/mol. The molecular formula is C30H39FN6O2. The maximum atomic E-state index is 14.6. The summed E-state index contributed by atoms with van der Waals surface area (Å²) in [6.45, 7) is 11.0. The van der Waals surface area contributed by atoms with Crippen molar-refractivity contribution < 1.29 is 14.0 Å². The molecule has 2 amide bonds. The minimum absolute atomic E-state index is 0.0264. The van der Waals surface area contributed by atoms with Gasteiger partial charge >= 0.3 is 0 Å². The fourth-order valence-electron chi connectivity index (χ4n) is 5.26. The number of fused-ring (bicyclic) bond motifs is 1. The van der Waals surface area contributed by atoms with Crippen LogP contribution in [0.1, 0.15) is 59.7 Å². The summed E-state index contributed by atoms with van der Waals surface area (Å²) in [4.78, 5) is 37.3. The van der Waals surface area contributed by atoms with Crippen molar-refractivity contribution in [2.24, 2.45) is 7.05 Å². The van der Waals surface area contributed by atoms with Gasteiger partial charge in [0, 0.05) is 64.1 Å². The van der Waals surface area contributed by atoms with Crippen LogP contribution in [0.25, 0.3) is 0 Å². The summed E-state index contributed by atoms with van der Waals surface area (Å²) in [5.74, 6) is -0.677. The molecule has 0 saturated carbocycles. The van der Waals surface area contributed by atoms with Crippen LogP contribution in [0.3, 0.4) is 0 Å². The monoisotopic (exact) mass is 534 g/mol. The van der Waals surface area contributed by atoms with Gasteiger partial charge in [0.1, 0.15) is 11.5 Å². The Morgan fingerprint density at radius 2 is 1.85 bits per heavy atom. The summed E-state index contributed by atoms with van der Waals surface area (Å²) in [5, 5.41) is 4.49. The van der Waals surface area contributed by atoms with Crippen molar-refractivity contribution in [3.8, 4) is 0 Å². The van der Waals surface area contributed by atoms with Crippen molar-refractivity contribution in [1.29, 1.82) is 0 Å². The Bertz CT molecular complexity index is 1310. The molecular weight excluding hydrogens is 495 g/mol. The molecule has 1 aliphatic heterocycles. The summed E-state index contributed by atoms with van der Waals surface area (Å²) in [5.41, 5.74) is 4.63. The van der Waals surface area contributed by atoms with Crippen molar-refractivity contribution in [1.82, 2.24) is 24.6 Å². The topological polar surface area (TPSA) is 74.6 Å². The number of aryl methyl sites for hydroxylation is 2. The molecule has 0 unspecified atom stereocenters. The highest BCUT2D eigenvalue weighted by atomic mass is 19.1. The lowest BCUT2D eigenvalue weighted by molar-refractivity contribution is -0.132. The summed E-state index contributed by atoms with van der Waals surface area (Å²) in [7, 11) is 1.91. The van der Waals surface area contributed by atoms with Gasteiger partial charge in [-0.2, -0.15) is 5.10 Å². The second-order valence-corrected chi connectivity index (χ2v) is 10.5. The molecule has 0 atom stereocenters. The normalized spacial score (nSPS) is 15.3. The highest BCUT2D eigenvalue weighted by molar-refractivity contribution is 6.05. The Morgan fingerprint density at radius 1 is 1.05 bits per heavy atom. The third-order valence-electron chi connectivity index (χ3n) is 7.64. The first kappa shape index (κ1) is 28.4. The van der Waals surface area contributed by atoms with Gasteiger partial charge in [0.25, 0.3) is 5.91 Å². The van der Waals surface area contributed by atoms with E-state index in [1.165, 1.54) is 12.1 Å². The molecule has 3 heterocycles. The molecule has 0 saturated heterocycles. The molecule has 39 heavy (non-hydrogen) atoms. The summed E-state index contributed by atoms with van der Waals surface area (Å²) in [6, 6.07) is 9.97. The number of hydrogen-bond acceptors (Lipinski definition) is 5. The minimum Gasteiger partial charge on any atom is -0.337 e. The Balaban J connectivity index is 1.67. The molecule has 0 fully saturated rings. The SMILES string of the molecule is Cc1nn(C)c(C)c1CCC(=O)N1CCN(C(C)C)CCCN(C(=O)c2ccccn2)c2cc(F)ccc2C1. The molecule has 208 valence electrons. The van der Waals surface area contributed by atoms with E-state index in [4.69, 9.17) is 0 Å². The second-order valence-electron chi connectivity index (χ2n) is 10.5. The lowest BCUT2D eigenvalue weighted by atomic mass is 10.1. The second kappa shape index (κ2) is 12.5. The van der Waals surface area contributed by atoms with Crippen LogP contribution in [0.5, 0.6) is 0 Å². The van der Waals surface area contributed by atoms with E-state index in [2.05, 4.69) is 28.8 Å². The number of carbonyl (C=O) groups is 2. The fourth-order valence-corrected chi connectivity index (χ4v) is 5.26. The molecule has 0 radical (unpaired) electrons. The number of rotatable bonds is 5. The maximum absolute atomic E-state index is 14.6. The smallest absolute Gasteiger partial charge is 0.276 e. The van der Waals surface area contributed by atoms with Crippen molar-refractivity contribution in [3.63, 3.8) is 0 Å². The van der Waals surface area contributed by atoms with Gasteiger partial charge in [0.2, 0.25) is 5.91 Å². The number of hydrogen-bond donors (Lipinski definition) is 0. The molecule has 9 heteroatoms. The fraction of sp³-hybridized carbons (Fsp3) is 0.467. The Labute approximate surface area is 230 Å². The quantitative estimate of drug-likeness (QED) is 0.488. The molecule has 1 aliphatic rings. The van der Waals surface area contributed by atoms with Crippen LogP contribution < -0.4 is 4.90 Å². The number of carbonyl (C=O) groups excluding carboxylic acids is 2. The lowest BCUT2D eigenvalue weighted by Gasteiger charge is -2.30. The van der Waals surface area contributed by atoms with Crippen molar-refractivity contribution >= 4 is 17.5 Å². The first-order valence-electron chi connectivity index (χ1n) is 13.7. The van der Waals surface area contributed by atoms with E-state index in [0.717, 1.165) is 35.6 Å². The Morgan fingerprint density at radius 3 is 2.51 bits per heavy atom. The van der Waals surface area contributed by atoms with E-state index in [-0.39, 0.29) is 24.4 Å². The lowest BCUT2D eigenvalue weighted by Crippen LogP contribution is -2.41. The average Bonchev–Trinajstić information content (AvgIpc) is 3.14. The number of aromatic nitrogens is 3. The third kappa shape index (κ3) is 6.71. The predicted molar refractivity (Wildman–Crippen MR) is 150 cm³/mol. The summed E-state index contributed by atoms with van der Waals surface area (Å²) in [6.07, 6.45) is 3.25. The summed E-state index contributed by atoms with van der Waals surface area (Å²) >= 11 is 0. The zero-order valence-electron chi connectivity index (χ0n) is 23.7. The van der Waals surface area contributed by atoms with Crippen LogP contribution in [0.4, 0.5) is 10.1 Å². The third-order valence-corrected chi connectivity index (χ3v) is 7.64.